The number of hydrogen-bond acceptors (Lipinski definition) is 27. The summed E-state index contributed by atoms with van der Waals surface area (Å²) in [7, 11) is 7.39. The molecule has 15 amide bonds. The number of aliphatic carboxylic acids is 2. The number of carboxylic acid groups (broad SMARTS) is 2. The van der Waals surface area contributed by atoms with Crippen molar-refractivity contribution in [3.63, 3.8) is 0 Å². The van der Waals surface area contributed by atoms with Crippen LogP contribution in [0.5, 0.6) is 11.5 Å². The first kappa shape index (κ1) is 112. The number of anilines is 2. The molecule has 7 rings (SSSR count). The highest BCUT2D eigenvalue weighted by Gasteiger charge is 2.54. The van der Waals surface area contributed by atoms with Gasteiger partial charge in [0.2, 0.25) is 82.7 Å². The highest BCUT2D eigenvalue weighted by atomic mass is 16.6. The van der Waals surface area contributed by atoms with E-state index in [0.29, 0.717) is 44.7 Å². The number of primary amides is 1. The van der Waals surface area contributed by atoms with Crippen LogP contribution < -0.4 is 128 Å². The van der Waals surface area contributed by atoms with Crippen molar-refractivity contribution in [3.8, 4) is 11.5 Å². The van der Waals surface area contributed by atoms with Crippen molar-refractivity contribution in [2.45, 2.75) is 197 Å². The molecular formula is C90H127N27O24. The lowest BCUT2D eigenvalue weighted by molar-refractivity contribution is -0.141. The molecule has 2 aliphatic heterocycles. The van der Waals surface area contributed by atoms with E-state index < -0.39 is 253 Å². The Kier molecular flexibility index (Phi) is 41.3. The van der Waals surface area contributed by atoms with Gasteiger partial charge in [-0.3, -0.25) is 97.7 Å². The number of benzene rings is 4. The summed E-state index contributed by atoms with van der Waals surface area (Å²) in [6.07, 6.45) is -4.11. The first-order valence-corrected chi connectivity index (χ1v) is 45.1. The lowest BCUT2D eigenvalue weighted by Gasteiger charge is -2.37. The van der Waals surface area contributed by atoms with Crippen molar-refractivity contribution in [2.75, 3.05) is 77.3 Å². The first-order chi connectivity index (χ1) is 66.4. The second-order valence-corrected chi connectivity index (χ2v) is 34.9. The number of nitrogens with two attached hydrogens (primary N) is 4. The van der Waals surface area contributed by atoms with Gasteiger partial charge < -0.3 is 158 Å². The van der Waals surface area contributed by atoms with E-state index in [1.807, 2.05) is 50.1 Å². The number of guanidine groups is 3. The monoisotopic (exact) mass is 1970 g/mol. The van der Waals surface area contributed by atoms with E-state index >= 15 is 0 Å². The van der Waals surface area contributed by atoms with Crippen molar-refractivity contribution in [1.29, 1.82) is 16.2 Å². The van der Waals surface area contributed by atoms with Crippen molar-refractivity contribution >= 4 is 147 Å². The molecule has 0 bridgehead atoms. The average molecular weight is 1970 g/mol. The Morgan fingerprint density at radius 2 is 0.887 bits per heavy atom. The molecule has 1 aromatic heterocycles. The number of ether oxygens (including phenoxy) is 2. The summed E-state index contributed by atoms with van der Waals surface area (Å²) >= 11 is 0. The Balaban J connectivity index is 1.03. The van der Waals surface area contributed by atoms with Crippen LogP contribution in [0.3, 0.4) is 0 Å². The number of nitrogens with zero attached hydrogens (tertiary/aromatic N) is 2. The molecule has 0 radical (unpaired) electrons. The molecule has 0 saturated carbocycles. The molecule has 1 spiro atoms. The van der Waals surface area contributed by atoms with E-state index in [1.165, 1.54) is 52.1 Å². The third-order valence-electron chi connectivity index (χ3n) is 22.5. The molecule has 5 aromatic rings. The molecule has 3 heterocycles. The number of aromatic amines is 1. The van der Waals surface area contributed by atoms with Crippen LogP contribution in [0.1, 0.15) is 149 Å². The Hall–Kier alpha value is -16.0. The molecule has 766 valence electrons. The largest absolute Gasteiger partial charge is 0.481 e. The van der Waals surface area contributed by atoms with Gasteiger partial charge in [0.15, 0.2) is 23.5 Å². The molecule has 33 N–H and O–H groups in total. The second kappa shape index (κ2) is 52.0. The zero-order valence-corrected chi connectivity index (χ0v) is 79.7. The van der Waals surface area contributed by atoms with Crippen LogP contribution in [0.25, 0.3) is 10.9 Å². The van der Waals surface area contributed by atoms with E-state index in [0.717, 1.165) is 18.3 Å². The topological polar surface area (TPSA) is 809 Å². The fourth-order valence-corrected chi connectivity index (χ4v) is 15.1. The van der Waals surface area contributed by atoms with E-state index in [9.17, 15) is 107 Å². The summed E-state index contributed by atoms with van der Waals surface area (Å²) in [5.74, 6) is -22.2. The Labute approximate surface area is 809 Å². The molecule has 0 saturated heterocycles. The van der Waals surface area contributed by atoms with Crippen LogP contribution in [0.2, 0.25) is 0 Å². The second-order valence-electron chi connectivity index (χ2n) is 34.9. The lowest BCUT2D eigenvalue weighted by atomic mass is 9.77. The Morgan fingerprint density at radius 3 is 1.39 bits per heavy atom. The number of rotatable bonds is 54. The maximum absolute atomic E-state index is 15.0. The van der Waals surface area contributed by atoms with E-state index in [4.69, 9.17) is 48.6 Å². The van der Waals surface area contributed by atoms with Crippen molar-refractivity contribution in [2.24, 2.45) is 34.8 Å². The number of aliphatic hydroxyl groups excluding tert-OH is 2. The molecule has 51 nitrogen and oxygen atoms in total. The van der Waals surface area contributed by atoms with Crippen molar-refractivity contribution < 1.29 is 116 Å². The summed E-state index contributed by atoms with van der Waals surface area (Å²) < 4.78 is 12.8. The number of carboxylic acids is 2. The highest BCUT2D eigenvalue weighted by Crippen LogP contribution is 2.57. The number of carbonyl (C=O) groups is 18. The normalized spacial score (nSPS) is 14.7. The molecule has 51 heteroatoms. The molecule has 141 heavy (non-hydrogen) atoms. The fraction of sp³-hybridized carbons (Fsp3) is 0.478. The molecule has 2 aliphatic rings. The van der Waals surface area contributed by atoms with Gasteiger partial charge in [-0.05, 0) is 132 Å². The van der Waals surface area contributed by atoms with Crippen LogP contribution >= 0.6 is 0 Å². The fourth-order valence-electron chi connectivity index (χ4n) is 15.1. The molecule has 4 aromatic carbocycles. The number of nitrogens with one attached hydrogen (secondary N) is 21. The number of carbonyl (C=O) groups excluding carboxylic acids is 16. The molecular weight excluding hydrogens is 1840 g/mol. The number of amides is 15. The number of aliphatic hydroxyl groups is 2. The minimum absolute atomic E-state index is 0.0105. The molecule has 13 atom stereocenters. The summed E-state index contributed by atoms with van der Waals surface area (Å²) in [6.45, 7) is 6.95. The van der Waals surface area contributed by atoms with E-state index in [2.05, 4.69) is 95.4 Å². The predicted molar refractivity (Wildman–Crippen MR) is 509 cm³/mol. The number of aromatic nitrogens is 1. The van der Waals surface area contributed by atoms with Crippen molar-refractivity contribution in [3.05, 3.63) is 118 Å². The van der Waals surface area contributed by atoms with Gasteiger partial charge in [0.05, 0.1) is 44.2 Å². The third-order valence-corrected chi connectivity index (χ3v) is 22.5. The maximum Gasteiger partial charge on any atom is 0.340 e. The van der Waals surface area contributed by atoms with Crippen LogP contribution in [0.4, 0.5) is 11.4 Å². The van der Waals surface area contributed by atoms with E-state index in [1.54, 1.807) is 62.4 Å². The smallest absolute Gasteiger partial charge is 0.340 e. The van der Waals surface area contributed by atoms with Gasteiger partial charge in [-0.1, -0.05) is 45.9 Å². The Bertz CT molecular complexity index is 5430. The van der Waals surface area contributed by atoms with Gasteiger partial charge in [0.1, 0.15) is 84.0 Å². The van der Waals surface area contributed by atoms with E-state index in [-0.39, 0.29) is 81.7 Å². The van der Waals surface area contributed by atoms with Gasteiger partial charge in [-0.2, -0.15) is 0 Å². The number of para-hydroxylation sites is 1. The summed E-state index contributed by atoms with van der Waals surface area (Å²) in [5, 5.41) is 106. The summed E-state index contributed by atoms with van der Waals surface area (Å²) in [5.41, 5.74) is 23.9. The minimum atomic E-state index is -2.12. The number of H-pyrrole nitrogens is 1. The summed E-state index contributed by atoms with van der Waals surface area (Å²) in [4.78, 5) is 255. The van der Waals surface area contributed by atoms with Crippen LogP contribution in [0.15, 0.2) is 85.1 Å². The zero-order chi connectivity index (χ0) is 105. The average Bonchev–Trinajstić information content (AvgIpc) is 1.57. The van der Waals surface area contributed by atoms with Gasteiger partial charge in [-0.15, -0.1) is 0 Å². The van der Waals surface area contributed by atoms with Gasteiger partial charge >= 0.3 is 17.9 Å². The van der Waals surface area contributed by atoms with Gasteiger partial charge in [0, 0.05) is 117 Å². The van der Waals surface area contributed by atoms with Crippen LogP contribution in [0, 0.1) is 28.1 Å². The third kappa shape index (κ3) is 32.3. The quantitative estimate of drug-likeness (QED) is 0.00746. The van der Waals surface area contributed by atoms with Crippen molar-refractivity contribution in [1.82, 2.24) is 95.4 Å². The molecule has 0 fully saturated rings. The zero-order valence-electron chi connectivity index (χ0n) is 79.7. The van der Waals surface area contributed by atoms with Crippen LogP contribution in [-0.2, 0) is 93.5 Å². The standard InChI is InChI=1S/C90H127N27O24/c1-42(2)31-60(82(135)114-71(43(3)4)84(137)108-57(19-14-28-98-87(92)93)76(129)102-39-67(91)120)111-81(134)63(37-70(124)125)106-68(121)40-103-77(130)62(36-69(122)123)112-78(131)58(20-15-29-99-88(94)95)109-85(138)72(46(7)119)115-79(132)59(21-16-30-100-89(96)97)107-80(133)61(33-48-38-101-56-18-13-12-17-51(48)56)110-73(126)45(6)105-83(136)64(41-118)113-74(127)44(5)104-75(128)47-22-25-52-55(32-47)90(141-86(52)139)53-26-23-49(116(8)9)34-65(53)140-66-35-50(117(10)11)24-27-54(66)90/h12-13,17-18,22-27,32,34-35,38,42-46,57-64,71-72,101,118-119H,14-16,19-21,28-31,33,36-37,39-41H2,1-11H3,(H2,91,120)(H,102,129)(H,103,130)(H,104,128)(H,105,136)(H,106,121)(H,107,133)(H,108,137)(H,109,138)(H,110,126)(H,111,134)(H,112,131)(H,113,127)(H,114,135)(H,115,132)(H,122,123)(H,124,125)(H4,92,93,98)(H4,94,95,99)(H4,96,97,100)/t44-,45-,46-,57-,58-,59-,60-,61-,62-,63-,64-,71-,72-/m1/s1. The number of esters is 1. The lowest BCUT2D eigenvalue weighted by Crippen LogP contribution is -2.62. The Morgan fingerprint density at radius 1 is 0.454 bits per heavy atom. The summed E-state index contributed by atoms with van der Waals surface area (Å²) in [6, 6.07) is 1.39. The highest BCUT2D eigenvalue weighted by molar-refractivity contribution is 6.05. The molecule has 0 unspecified atom stereocenters. The number of fused-ring (bicyclic) bond motifs is 7. The van der Waals surface area contributed by atoms with Crippen LogP contribution in [-0.4, -0.2) is 296 Å². The first-order valence-electron chi connectivity index (χ1n) is 45.1. The minimum Gasteiger partial charge on any atom is -0.481 e. The van der Waals surface area contributed by atoms with Gasteiger partial charge in [-0.25, -0.2) is 4.79 Å². The molecule has 0 aliphatic carbocycles. The van der Waals surface area contributed by atoms with Gasteiger partial charge in [0.25, 0.3) is 5.91 Å². The maximum atomic E-state index is 15.0. The SMILES string of the molecule is CC(C)C[C@@H](NC(=O)[C@@H](CC(=O)O)NC(=O)CNC(=O)[C@@H](CC(=O)O)NC(=O)[C@@H](CCCNC(=N)N)NC(=O)[C@H](NC(=O)[C@@H](CCCNC(=N)N)NC(=O)[C@@H](Cc1c[nH]c2ccccc12)NC(=O)[C@@H](C)NC(=O)[C@@H](CO)NC(=O)[C@@H](C)NC(=O)c1ccc2c(c1)C1(OC2=O)c2ccc(N(C)C)cc2Oc2cc(N(C)C)ccc21)[C@@H](C)O)C(=O)N[C@@H](C(=O)N[C@H](CCCNC(=N)N)C(=O)NCC(N)=O)C(C)C. The number of hydrogen-bond donors (Lipinski definition) is 29. The predicted octanol–water partition coefficient (Wildman–Crippen LogP) is -5.89.